The van der Waals surface area contributed by atoms with Gasteiger partial charge in [-0.25, -0.2) is 22.8 Å². The van der Waals surface area contributed by atoms with E-state index in [2.05, 4.69) is 350 Å². The van der Waals surface area contributed by atoms with Crippen molar-refractivity contribution < 1.29 is 44.9 Å². The summed E-state index contributed by atoms with van der Waals surface area (Å²) in [4.78, 5) is 0. The zero-order valence-corrected chi connectivity index (χ0v) is 69.6. The number of rotatable bonds is 6. The molecule has 20 rings (SSSR count). The van der Waals surface area contributed by atoms with Crippen LogP contribution in [0.3, 0.4) is 0 Å². The zero-order valence-electron chi connectivity index (χ0n) is 69.6. The van der Waals surface area contributed by atoms with Crippen molar-refractivity contribution in [3.63, 3.8) is 0 Å². The van der Waals surface area contributed by atoms with Crippen LogP contribution in [0.15, 0.2) is 278 Å². The number of hydrogen-bond donors (Lipinski definition) is 0. The monoisotopic (exact) mass is 1510 g/mol. The van der Waals surface area contributed by atoms with E-state index >= 15 is 0 Å². The SMILES string of the molecule is Cc1cc(-c2c(C)cc(C)c3c2oc2ccccc23)[n+](C)cc1C.Cc1cc[n+](C)c(-c2c(C)ccc3c2oc2ccccc23)c1.Cc1ccc(-c2c(C)cc(C)c3c2oc2ccccc23)[n+](C)c1.Cc1ccc(-c2c(C)ccc3c2oc2ccccc23)[n+](C)c1.Cc1ccc2c(oc3ccccc32)c1-c1cc(C(C)C)cc[n+]1C. The normalized spacial score (nSPS) is 11.5. The Balaban J connectivity index is 0.000000108. The van der Waals surface area contributed by atoms with Crippen LogP contribution in [0.4, 0.5) is 0 Å². The van der Waals surface area contributed by atoms with E-state index < -0.39 is 0 Å². The number of hydrogen-bond acceptors (Lipinski definition) is 5. The van der Waals surface area contributed by atoms with E-state index in [1.54, 1.807) is 0 Å². The maximum absolute atomic E-state index is 6.31. The van der Waals surface area contributed by atoms with Crippen molar-refractivity contribution in [3.8, 4) is 56.3 Å². The molecule has 10 heterocycles. The van der Waals surface area contributed by atoms with Gasteiger partial charge in [-0.1, -0.05) is 153 Å². The largest absolute Gasteiger partial charge is 0.455 e. The van der Waals surface area contributed by atoms with Gasteiger partial charge >= 0.3 is 0 Å². The molecule has 115 heavy (non-hydrogen) atoms. The Hall–Kier alpha value is -13.1. The fourth-order valence-corrected chi connectivity index (χ4v) is 17.0. The predicted octanol–water partition coefficient (Wildman–Crippen LogP) is 25.2. The number of pyridine rings is 5. The summed E-state index contributed by atoms with van der Waals surface area (Å²) in [6.07, 6.45) is 10.7. The van der Waals surface area contributed by atoms with Crippen LogP contribution in [0, 0.1) is 83.1 Å². The maximum atomic E-state index is 6.31. The second kappa shape index (κ2) is 30.8. The third-order valence-corrected chi connectivity index (χ3v) is 23.1. The van der Waals surface area contributed by atoms with Crippen LogP contribution in [0.1, 0.15) is 92.1 Å². The van der Waals surface area contributed by atoms with Crippen LogP contribution in [0.5, 0.6) is 0 Å². The van der Waals surface area contributed by atoms with Crippen LogP contribution in [0.25, 0.3) is 166 Å². The molecule has 0 atom stereocenters. The highest BCUT2D eigenvalue weighted by Gasteiger charge is 2.28. The van der Waals surface area contributed by atoms with Gasteiger partial charge in [0.15, 0.2) is 31.0 Å². The molecule has 0 fully saturated rings. The molecule has 0 spiro atoms. The van der Waals surface area contributed by atoms with E-state index in [4.69, 9.17) is 22.1 Å². The molecule has 0 N–H and O–H groups in total. The molecule has 0 radical (unpaired) electrons. The van der Waals surface area contributed by atoms with Crippen LogP contribution in [-0.4, -0.2) is 0 Å². The molecule has 10 nitrogen and oxygen atoms in total. The summed E-state index contributed by atoms with van der Waals surface area (Å²) in [6.45, 7) is 30.2. The minimum atomic E-state index is 0.500. The summed E-state index contributed by atoms with van der Waals surface area (Å²) < 4.78 is 42.1. The van der Waals surface area contributed by atoms with Crippen molar-refractivity contribution in [3.05, 3.63) is 328 Å². The summed E-state index contributed by atoms with van der Waals surface area (Å²) in [6, 6.07) is 78.6. The zero-order chi connectivity index (χ0) is 80.5. The second-order valence-electron chi connectivity index (χ2n) is 31.9. The first-order valence-corrected chi connectivity index (χ1v) is 39.8. The molecule has 570 valence electrons. The molecular weight excluding hydrogens is 1410 g/mol. The Morgan fingerprint density at radius 2 is 0.557 bits per heavy atom. The van der Waals surface area contributed by atoms with Gasteiger partial charge in [-0.05, 0) is 187 Å². The molecule has 0 bridgehead atoms. The summed E-state index contributed by atoms with van der Waals surface area (Å²) in [5.74, 6) is 0.500. The number of nitrogens with zero attached hydrogens (tertiary/aromatic N) is 5. The Morgan fingerprint density at radius 1 is 0.226 bits per heavy atom. The number of furan rings is 5. The third kappa shape index (κ3) is 14.1. The van der Waals surface area contributed by atoms with E-state index in [9.17, 15) is 0 Å². The smallest absolute Gasteiger partial charge is 0.216 e. The number of aromatic nitrogens is 5. The van der Waals surface area contributed by atoms with E-state index in [1.807, 2.05) is 60.7 Å². The first kappa shape index (κ1) is 76.0. The minimum absolute atomic E-state index is 0.500. The number of fused-ring (bicyclic) bond motifs is 15. The molecule has 0 saturated heterocycles. The van der Waals surface area contributed by atoms with Gasteiger partial charge in [-0.3, -0.25) is 0 Å². The lowest BCUT2D eigenvalue weighted by Gasteiger charge is -2.09. The number of para-hydroxylation sites is 5. The van der Waals surface area contributed by atoms with Crippen molar-refractivity contribution in [2.45, 2.75) is 103 Å². The molecular formula is C105H100N5O5+5. The average Bonchev–Trinajstić information content (AvgIpc) is 1.64. The van der Waals surface area contributed by atoms with Crippen molar-refractivity contribution in [1.29, 1.82) is 0 Å². The van der Waals surface area contributed by atoms with Crippen molar-refractivity contribution in [1.82, 2.24) is 0 Å². The Labute approximate surface area is 672 Å². The highest BCUT2D eigenvalue weighted by Crippen LogP contribution is 2.44. The Bertz CT molecular complexity index is 7230. The number of benzene rings is 10. The van der Waals surface area contributed by atoms with Crippen LogP contribution in [0.2, 0.25) is 0 Å². The second-order valence-corrected chi connectivity index (χ2v) is 31.9. The molecule has 0 amide bonds. The molecule has 0 aliphatic rings. The molecule has 0 unspecified atom stereocenters. The third-order valence-electron chi connectivity index (χ3n) is 23.1. The maximum Gasteiger partial charge on any atom is 0.216 e. The summed E-state index contributed by atoms with van der Waals surface area (Å²) in [5, 5.41) is 11.9. The summed E-state index contributed by atoms with van der Waals surface area (Å²) >= 11 is 0. The molecule has 0 aliphatic carbocycles. The van der Waals surface area contributed by atoms with Gasteiger partial charge in [0.05, 0.1) is 27.8 Å². The molecule has 0 saturated carbocycles. The molecule has 20 aromatic rings. The van der Waals surface area contributed by atoms with Crippen LogP contribution < -0.4 is 22.8 Å². The van der Waals surface area contributed by atoms with E-state index in [0.29, 0.717) is 5.92 Å². The van der Waals surface area contributed by atoms with Crippen molar-refractivity contribution in [2.24, 2.45) is 35.2 Å². The van der Waals surface area contributed by atoms with Gasteiger partial charge in [0.1, 0.15) is 91.1 Å². The van der Waals surface area contributed by atoms with Gasteiger partial charge in [0, 0.05) is 113 Å². The van der Waals surface area contributed by atoms with E-state index in [1.165, 1.54) is 182 Å². The van der Waals surface area contributed by atoms with Crippen LogP contribution >= 0.6 is 0 Å². The fraction of sp³-hybridized carbons (Fsp3) is 0.190. The lowest BCUT2D eigenvalue weighted by molar-refractivity contribution is -0.660. The highest BCUT2D eigenvalue weighted by atomic mass is 16.3. The summed E-state index contributed by atoms with van der Waals surface area (Å²) in [5.41, 5.74) is 37.9. The quantitative estimate of drug-likeness (QED) is 0.155. The highest BCUT2D eigenvalue weighted by molar-refractivity contribution is 6.15. The number of aryl methyl sites for hydroxylation is 17. The standard InChI is InChI=1S/2C22H22NO.C21H20NO.2C20H18NO/c1-13-11-18(23(5)12-16(13)4)21-15(3)10-14(2)20-17-8-6-7-9-19(17)24-22(20)21;1-14(2)16-11-12-23(4)19(13-16)21-15(3)9-10-18-17-7-5-6-8-20(17)24-22(18)21;1-13-9-10-17(22(4)12-13)20-15(3)11-14(2)19-16-7-5-6-8-18(16)23-21(19)20;1-13-8-11-17(21(3)12-13)19-14(2)9-10-16-15-6-4-5-7-18(15)22-20(16)19;1-13-10-11-21(3)17(12-13)19-14(2)8-9-16-15-6-4-5-7-18(15)22-20(16)19/h6-12H,1-5H3;5-14H,1-4H3;5-12H,1-4H3;2*4-12H,1-3H3/q5*+1. The topological polar surface area (TPSA) is 85.1 Å². The van der Waals surface area contributed by atoms with E-state index in [0.717, 1.165) is 55.8 Å². The summed E-state index contributed by atoms with van der Waals surface area (Å²) in [7, 11) is 10.5. The van der Waals surface area contributed by atoms with Gasteiger partial charge < -0.3 is 22.1 Å². The Kier molecular flexibility index (Phi) is 20.3. The minimum Gasteiger partial charge on any atom is -0.455 e. The molecule has 10 aromatic carbocycles. The lowest BCUT2D eigenvalue weighted by Crippen LogP contribution is -2.31. The first-order valence-electron chi connectivity index (χ1n) is 39.8. The molecule has 0 aliphatic heterocycles. The fourth-order valence-electron chi connectivity index (χ4n) is 17.0. The average molecular weight is 1510 g/mol. The lowest BCUT2D eigenvalue weighted by atomic mass is 9.96. The van der Waals surface area contributed by atoms with Crippen LogP contribution in [-0.2, 0) is 35.2 Å². The predicted molar refractivity (Wildman–Crippen MR) is 473 cm³/mol. The van der Waals surface area contributed by atoms with Crippen molar-refractivity contribution in [2.75, 3.05) is 0 Å². The Morgan fingerprint density at radius 3 is 0.965 bits per heavy atom. The van der Waals surface area contributed by atoms with Crippen molar-refractivity contribution >= 4 is 110 Å². The van der Waals surface area contributed by atoms with Gasteiger partial charge in [0.2, 0.25) is 28.5 Å². The first-order chi connectivity index (χ1) is 55.4. The van der Waals surface area contributed by atoms with Gasteiger partial charge in [0.25, 0.3) is 0 Å². The molecule has 10 aromatic heterocycles. The van der Waals surface area contributed by atoms with Gasteiger partial charge in [-0.2, -0.15) is 0 Å². The molecule has 10 heteroatoms. The van der Waals surface area contributed by atoms with E-state index in [-0.39, 0.29) is 0 Å². The van der Waals surface area contributed by atoms with Gasteiger partial charge in [-0.15, -0.1) is 0 Å².